The Morgan fingerprint density at radius 3 is 1.24 bits per heavy atom. The van der Waals surface area contributed by atoms with Crippen LogP contribution in [0, 0.1) is 0 Å². The summed E-state index contributed by atoms with van der Waals surface area (Å²) in [6.45, 7) is 27.3. The summed E-state index contributed by atoms with van der Waals surface area (Å²) >= 11 is 0. The lowest BCUT2D eigenvalue weighted by Crippen LogP contribution is -2.26. The number of H-pyrrole nitrogens is 2. The standard InChI is InChI=1S/C53H71F3N2O4/c1-48(2,3)36-24-30(25-37(46(36)61)49(4,5)6)14-20-40(59)44-34(32-16-17-32)28-42(57-44)52(12,13)23-22-51(10,11)39-27-31(26-38(47(39)62)50(7,8)9)15-21-41(60)45-35(33-18-19-33)29-43(58-45)53(54,55)56/h24-29,32-33,57-58,61-62H,14-23H2,1-13H3. The first-order valence-corrected chi connectivity index (χ1v) is 22.7. The Morgan fingerprint density at radius 2 is 0.871 bits per heavy atom. The van der Waals surface area contributed by atoms with Crippen LogP contribution in [0.1, 0.15) is 230 Å². The second-order valence-corrected chi connectivity index (χ2v) is 23.0. The zero-order valence-electron chi connectivity index (χ0n) is 39.5. The summed E-state index contributed by atoms with van der Waals surface area (Å²) in [5.74, 6) is 0.669. The number of aromatic amines is 2. The monoisotopic (exact) mass is 857 g/mol. The summed E-state index contributed by atoms with van der Waals surface area (Å²) in [5, 5.41) is 23.1. The number of phenols is 2. The minimum atomic E-state index is -4.56. The van der Waals surface area contributed by atoms with E-state index in [2.05, 4.69) is 97.4 Å². The molecule has 2 aliphatic rings. The number of alkyl halides is 3. The number of hydrogen-bond acceptors (Lipinski definition) is 4. The normalized spacial score (nSPS) is 15.7. The fourth-order valence-electron chi connectivity index (χ4n) is 8.92. The molecular weight excluding hydrogens is 786 g/mol. The van der Waals surface area contributed by atoms with Crippen LogP contribution in [0.5, 0.6) is 11.5 Å². The van der Waals surface area contributed by atoms with E-state index in [-0.39, 0.29) is 51.6 Å². The molecule has 2 heterocycles. The number of rotatable bonds is 15. The summed E-state index contributed by atoms with van der Waals surface area (Å²) in [5.41, 5.74) is 5.95. The third-order valence-corrected chi connectivity index (χ3v) is 13.5. The Kier molecular flexibility index (Phi) is 12.5. The minimum absolute atomic E-state index is 0.0154. The van der Waals surface area contributed by atoms with E-state index in [0.29, 0.717) is 48.6 Å². The molecule has 0 saturated heterocycles. The third kappa shape index (κ3) is 10.4. The Labute approximate surface area is 367 Å². The number of ketones is 2. The number of nitrogens with one attached hydrogen (secondary N) is 2. The Bertz CT molecular complexity index is 2290. The molecule has 4 N–H and O–H groups in total. The number of phenolic OH excluding ortho intramolecular Hbond substituents is 2. The first-order chi connectivity index (χ1) is 28.4. The highest BCUT2D eigenvalue weighted by Crippen LogP contribution is 2.48. The Hall–Kier alpha value is -4.27. The van der Waals surface area contributed by atoms with Gasteiger partial charge in [-0.05, 0) is 136 Å². The number of Topliss-reactive ketones (excluding diaryl/α,β-unsaturated/α-hetero) is 2. The maximum Gasteiger partial charge on any atom is 0.431 e. The predicted molar refractivity (Wildman–Crippen MR) is 243 cm³/mol. The van der Waals surface area contributed by atoms with Crippen LogP contribution in [0.2, 0.25) is 0 Å². The van der Waals surface area contributed by atoms with Crippen molar-refractivity contribution in [2.24, 2.45) is 0 Å². The molecule has 2 aromatic heterocycles. The molecule has 6 nitrogen and oxygen atoms in total. The molecule has 6 rings (SSSR count). The number of benzene rings is 2. The van der Waals surface area contributed by atoms with E-state index in [9.17, 15) is 33.0 Å². The van der Waals surface area contributed by atoms with Crippen molar-refractivity contribution in [2.45, 2.75) is 199 Å². The highest BCUT2D eigenvalue weighted by Gasteiger charge is 2.39. The van der Waals surface area contributed by atoms with E-state index >= 15 is 0 Å². The molecule has 9 heteroatoms. The number of aromatic nitrogens is 2. The van der Waals surface area contributed by atoms with Crippen molar-refractivity contribution in [1.29, 1.82) is 0 Å². The average molecular weight is 857 g/mol. The van der Waals surface area contributed by atoms with Gasteiger partial charge in [0, 0.05) is 29.5 Å². The van der Waals surface area contributed by atoms with Crippen molar-refractivity contribution < 1.29 is 33.0 Å². The van der Waals surface area contributed by atoms with Crippen molar-refractivity contribution in [3.63, 3.8) is 0 Å². The Morgan fingerprint density at radius 1 is 0.532 bits per heavy atom. The summed E-state index contributed by atoms with van der Waals surface area (Å²) in [6, 6.07) is 11.3. The van der Waals surface area contributed by atoms with Crippen LogP contribution < -0.4 is 0 Å². The number of hydrogen-bond donors (Lipinski definition) is 4. The molecule has 62 heavy (non-hydrogen) atoms. The SMILES string of the molecule is CC(C)(C)c1cc(CCC(=O)c2[nH]c(C(C)(C)CCC(C)(C)c3cc(CCC(=O)c4[nH]c(C(F)(F)F)cc4C4CC4)cc(C(C)(C)C)c3O)cc2C2CC2)cc(C(C)(C)C)c1O. The lowest BCUT2D eigenvalue weighted by molar-refractivity contribution is -0.140. The first kappa shape index (κ1) is 47.2. The molecule has 2 fully saturated rings. The largest absolute Gasteiger partial charge is 0.507 e. The van der Waals surface area contributed by atoms with Gasteiger partial charge >= 0.3 is 6.18 Å². The zero-order valence-corrected chi connectivity index (χ0v) is 39.5. The fraction of sp³-hybridized carbons (Fsp3) is 0.585. The van der Waals surface area contributed by atoms with Gasteiger partial charge in [-0.25, -0.2) is 0 Å². The second-order valence-electron chi connectivity index (χ2n) is 23.0. The van der Waals surface area contributed by atoms with Crippen LogP contribution in [0.4, 0.5) is 13.2 Å². The summed E-state index contributed by atoms with van der Waals surface area (Å²) in [7, 11) is 0. The first-order valence-electron chi connectivity index (χ1n) is 22.7. The van der Waals surface area contributed by atoms with Gasteiger partial charge in [0.25, 0.3) is 0 Å². The van der Waals surface area contributed by atoms with Gasteiger partial charge in [0.2, 0.25) is 0 Å². The van der Waals surface area contributed by atoms with E-state index in [1.165, 1.54) is 0 Å². The number of aromatic hydroxyl groups is 2. The maximum atomic E-state index is 14.1. The van der Waals surface area contributed by atoms with E-state index in [1.54, 1.807) is 0 Å². The van der Waals surface area contributed by atoms with Gasteiger partial charge in [-0.1, -0.05) is 114 Å². The van der Waals surface area contributed by atoms with Crippen molar-refractivity contribution in [3.8, 4) is 11.5 Å². The fourth-order valence-corrected chi connectivity index (χ4v) is 8.92. The van der Waals surface area contributed by atoms with Crippen LogP contribution in [0.25, 0.3) is 0 Å². The summed E-state index contributed by atoms with van der Waals surface area (Å²) in [4.78, 5) is 33.7. The molecule has 0 radical (unpaired) electrons. The van der Waals surface area contributed by atoms with Gasteiger partial charge in [0.1, 0.15) is 17.2 Å². The maximum absolute atomic E-state index is 14.1. The quantitative estimate of drug-likeness (QED) is 0.0894. The lowest BCUT2D eigenvalue weighted by Gasteiger charge is -2.34. The average Bonchev–Trinajstić information content (AvgIpc) is 4.08. The number of aryl methyl sites for hydroxylation is 2. The highest BCUT2D eigenvalue weighted by atomic mass is 19.4. The summed E-state index contributed by atoms with van der Waals surface area (Å²) in [6.07, 6.45) is 1.88. The van der Waals surface area contributed by atoms with Crippen LogP contribution in [0.15, 0.2) is 36.4 Å². The highest BCUT2D eigenvalue weighted by molar-refractivity contribution is 5.97. The number of carbonyl (C=O) groups is 2. The third-order valence-electron chi connectivity index (χ3n) is 13.5. The molecule has 4 aromatic rings. The van der Waals surface area contributed by atoms with Crippen LogP contribution >= 0.6 is 0 Å². The molecule has 2 saturated carbocycles. The molecule has 0 spiro atoms. The molecule has 0 atom stereocenters. The van der Waals surface area contributed by atoms with Gasteiger partial charge < -0.3 is 20.2 Å². The van der Waals surface area contributed by atoms with Crippen molar-refractivity contribution in [1.82, 2.24) is 9.97 Å². The topological polar surface area (TPSA) is 106 Å². The van der Waals surface area contributed by atoms with Gasteiger partial charge in [-0.2, -0.15) is 13.2 Å². The molecule has 0 unspecified atom stereocenters. The van der Waals surface area contributed by atoms with E-state index in [0.717, 1.165) is 82.8 Å². The molecule has 338 valence electrons. The number of carbonyl (C=O) groups excluding carboxylic acids is 2. The van der Waals surface area contributed by atoms with E-state index in [1.807, 2.05) is 32.9 Å². The van der Waals surface area contributed by atoms with Gasteiger partial charge in [-0.15, -0.1) is 0 Å². The van der Waals surface area contributed by atoms with Gasteiger partial charge in [0.15, 0.2) is 11.6 Å². The molecule has 2 aliphatic carbocycles. The molecular formula is C53H71F3N2O4. The van der Waals surface area contributed by atoms with E-state index < -0.39 is 22.7 Å². The van der Waals surface area contributed by atoms with Crippen LogP contribution in [-0.2, 0) is 46.1 Å². The van der Waals surface area contributed by atoms with Crippen molar-refractivity contribution in [2.75, 3.05) is 0 Å². The van der Waals surface area contributed by atoms with Crippen molar-refractivity contribution in [3.05, 3.63) is 104 Å². The number of halogens is 3. The zero-order chi connectivity index (χ0) is 46.1. The summed E-state index contributed by atoms with van der Waals surface area (Å²) < 4.78 is 40.9. The molecule has 0 bridgehead atoms. The Balaban J connectivity index is 1.21. The van der Waals surface area contributed by atoms with Crippen LogP contribution in [-0.4, -0.2) is 31.7 Å². The second kappa shape index (κ2) is 16.4. The lowest BCUT2D eigenvalue weighted by atomic mass is 9.71. The minimum Gasteiger partial charge on any atom is -0.507 e. The van der Waals surface area contributed by atoms with Crippen molar-refractivity contribution >= 4 is 11.6 Å². The predicted octanol–water partition coefficient (Wildman–Crippen LogP) is 14.1. The molecule has 2 aromatic carbocycles. The van der Waals surface area contributed by atoms with Gasteiger partial charge in [0.05, 0.1) is 11.4 Å². The molecule has 0 amide bonds. The molecule has 0 aliphatic heterocycles. The smallest absolute Gasteiger partial charge is 0.431 e. The van der Waals surface area contributed by atoms with E-state index in [4.69, 9.17) is 0 Å². The van der Waals surface area contributed by atoms with Crippen LogP contribution in [0.3, 0.4) is 0 Å². The van der Waals surface area contributed by atoms with Gasteiger partial charge in [-0.3, -0.25) is 9.59 Å².